The van der Waals surface area contributed by atoms with Gasteiger partial charge in [0, 0.05) is 13.0 Å². The third-order valence-corrected chi connectivity index (χ3v) is 4.12. The van der Waals surface area contributed by atoms with Crippen LogP contribution in [0, 0.1) is 0 Å². The molecule has 4 nitrogen and oxygen atoms in total. The molecule has 0 spiro atoms. The Bertz CT molecular complexity index is 698. The van der Waals surface area contributed by atoms with Crippen LogP contribution in [-0.4, -0.2) is 18.4 Å². The van der Waals surface area contributed by atoms with E-state index in [1.54, 1.807) is 18.2 Å². The van der Waals surface area contributed by atoms with Gasteiger partial charge in [0.25, 0.3) is 5.91 Å². The molecule has 0 bridgehead atoms. The van der Waals surface area contributed by atoms with Gasteiger partial charge in [0.2, 0.25) is 5.91 Å². The molecule has 4 heteroatoms. The van der Waals surface area contributed by atoms with E-state index in [9.17, 15) is 9.59 Å². The lowest BCUT2D eigenvalue weighted by Crippen LogP contribution is -2.26. The molecule has 0 aliphatic heterocycles. The molecule has 0 fully saturated rings. The normalized spacial score (nSPS) is 11.6. The third-order valence-electron chi connectivity index (χ3n) is 4.12. The van der Waals surface area contributed by atoms with Gasteiger partial charge in [-0.3, -0.25) is 9.59 Å². The van der Waals surface area contributed by atoms with Crippen molar-refractivity contribution in [2.45, 2.75) is 39.0 Å². The summed E-state index contributed by atoms with van der Waals surface area (Å²) in [6, 6.07) is 17.1. The number of carbonyl (C=O) groups excluding carboxylic acids is 2. The lowest BCUT2D eigenvalue weighted by atomic mass is 9.97. The number of amides is 2. The quantitative estimate of drug-likeness (QED) is 0.703. The number of nitrogens with one attached hydrogen (secondary N) is 2. The Balaban J connectivity index is 1.99. The van der Waals surface area contributed by atoms with Crippen LogP contribution < -0.4 is 10.6 Å². The number of hydrogen-bond acceptors (Lipinski definition) is 2. The third kappa shape index (κ3) is 5.75. The van der Waals surface area contributed by atoms with Gasteiger partial charge < -0.3 is 10.6 Å². The minimum absolute atomic E-state index is 0.0924. The van der Waals surface area contributed by atoms with Crippen molar-refractivity contribution in [1.82, 2.24) is 5.32 Å². The molecule has 2 aromatic carbocycles. The average molecular weight is 338 g/mol. The molecule has 0 saturated carbocycles. The molecule has 132 valence electrons. The molecule has 0 saturated heterocycles. The molecule has 0 radical (unpaired) electrons. The zero-order valence-corrected chi connectivity index (χ0v) is 14.9. The van der Waals surface area contributed by atoms with Crippen LogP contribution in [0.1, 0.15) is 54.9 Å². The van der Waals surface area contributed by atoms with E-state index >= 15 is 0 Å². The summed E-state index contributed by atoms with van der Waals surface area (Å²) in [5.41, 5.74) is 2.18. The maximum Gasteiger partial charge on any atom is 0.253 e. The van der Waals surface area contributed by atoms with Gasteiger partial charge in [0.05, 0.1) is 11.3 Å². The van der Waals surface area contributed by atoms with Crippen molar-refractivity contribution in [3.05, 3.63) is 65.7 Å². The van der Waals surface area contributed by atoms with Crippen LogP contribution in [0.4, 0.5) is 5.69 Å². The summed E-state index contributed by atoms with van der Waals surface area (Å²) in [7, 11) is 0. The number of unbranched alkanes of at least 4 members (excludes halogenated alkanes) is 1. The first-order valence-electron chi connectivity index (χ1n) is 8.83. The van der Waals surface area contributed by atoms with Gasteiger partial charge in [-0.25, -0.2) is 0 Å². The number of anilines is 1. The number of carbonyl (C=O) groups is 2. The first-order valence-corrected chi connectivity index (χ1v) is 8.83. The molecule has 25 heavy (non-hydrogen) atoms. The molecule has 0 aliphatic rings. The van der Waals surface area contributed by atoms with Gasteiger partial charge in [-0.1, -0.05) is 62.7 Å². The van der Waals surface area contributed by atoms with Crippen molar-refractivity contribution in [3.63, 3.8) is 0 Å². The lowest BCUT2D eigenvalue weighted by Gasteiger charge is -2.14. The van der Waals surface area contributed by atoms with E-state index < -0.39 is 0 Å². The van der Waals surface area contributed by atoms with Crippen LogP contribution in [0.15, 0.2) is 54.6 Å². The van der Waals surface area contributed by atoms with Gasteiger partial charge in [-0.05, 0) is 30.0 Å². The van der Waals surface area contributed by atoms with Gasteiger partial charge in [0.1, 0.15) is 0 Å². The van der Waals surface area contributed by atoms with Crippen molar-refractivity contribution in [2.24, 2.45) is 0 Å². The van der Waals surface area contributed by atoms with E-state index in [2.05, 4.69) is 17.6 Å². The minimum Gasteiger partial charge on any atom is -0.352 e. The molecule has 1 atom stereocenters. The largest absolute Gasteiger partial charge is 0.352 e. The maximum absolute atomic E-state index is 12.4. The van der Waals surface area contributed by atoms with E-state index in [0.717, 1.165) is 18.4 Å². The second-order valence-electron chi connectivity index (χ2n) is 6.22. The highest BCUT2D eigenvalue weighted by atomic mass is 16.2. The van der Waals surface area contributed by atoms with Crippen LogP contribution in [0.3, 0.4) is 0 Å². The summed E-state index contributed by atoms with van der Waals surface area (Å²) in [6.45, 7) is 4.75. The Kier molecular flexibility index (Phi) is 7.20. The number of benzene rings is 2. The van der Waals surface area contributed by atoms with Crippen LogP contribution >= 0.6 is 0 Å². The van der Waals surface area contributed by atoms with Gasteiger partial charge >= 0.3 is 0 Å². The highest BCUT2D eigenvalue weighted by Crippen LogP contribution is 2.21. The Morgan fingerprint density at radius 3 is 2.40 bits per heavy atom. The second-order valence-corrected chi connectivity index (χ2v) is 6.22. The van der Waals surface area contributed by atoms with Crippen LogP contribution in [0.25, 0.3) is 0 Å². The summed E-state index contributed by atoms with van der Waals surface area (Å²) in [6.07, 6.45) is 2.33. The predicted octanol–water partition coefficient (Wildman–Crippen LogP) is 4.35. The van der Waals surface area contributed by atoms with Crippen molar-refractivity contribution >= 4 is 17.5 Å². The summed E-state index contributed by atoms with van der Waals surface area (Å²) in [5, 5.41) is 5.77. The molecule has 0 aliphatic carbocycles. The predicted molar refractivity (Wildman–Crippen MR) is 102 cm³/mol. The zero-order chi connectivity index (χ0) is 18.1. The molecular weight excluding hydrogens is 312 g/mol. The van der Waals surface area contributed by atoms with Crippen LogP contribution in [0.2, 0.25) is 0 Å². The number of hydrogen-bond donors (Lipinski definition) is 2. The van der Waals surface area contributed by atoms with Crippen LogP contribution in [0.5, 0.6) is 0 Å². The minimum atomic E-state index is -0.152. The average Bonchev–Trinajstić information content (AvgIpc) is 2.63. The topological polar surface area (TPSA) is 58.2 Å². The summed E-state index contributed by atoms with van der Waals surface area (Å²) < 4.78 is 0. The fourth-order valence-electron chi connectivity index (χ4n) is 2.64. The molecule has 0 heterocycles. The van der Waals surface area contributed by atoms with Gasteiger partial charge in [-0.15, -0.1) is 0 Å². The molecule has 2 N–H and O–H groups in total. The smallest absolute Gasteiger partial charge is 0.253 e. The zero-order valence-electron chi connectivity index (χ0n) is 14.9. The number of rotatable bonds is 8. The molecule has 2 aromatic rings. The fourth-order valence-corrected chi connectivity index (χ4v) is 2.64. The van der Waals surface area contributed by atoms with Gasteiger partial charge in [-0.2, -0.15) is 0 Å². The Morgan fingerprint density at radius 2 is 1.68 bits per heavy atom. The van der Waals surface area contributed by atoms with Crippen molar-refractivity contribution in [1.29, 1.82) is 0 Å². The lowest BCUT2D eigenvalue weighted by molar-refractivity contribution is -0.116. The first kappa shape index (κ1) is 18.7. The second kappa shape index (κ2) is 9.62. The summed E-state index contributed by atoms with van der Waals surface area (Å²) >= 11 is 0. The van der Waals surface area contributed by atoms with E-state index in [-0.39, 0.29) is 17.7 Å². The highest BCUT2D eigenvalue weighted by molar-refractivity contribution is 6.03. The fraction of sp³-hybridized carbons (Fsp3) is 0.333. The van der Waals surface area contributed by atoms with Crippen LogP contribution in [-0.2, 0) is 4.79 Å². The van der Waals surface area contributed by atoms with E-state index in [4.69, 9.17) is 0 Å². The molecule has 2 rings (SSSR count). The van der Waals surface area contributed by atoms with E-state index in [0.29, 0.717) is 24.2 Å². The van der Waals surface area contributed by atoms with Crippen molar-refractivity contribution in [2.75, 3.05) is 11.9 Å². The standard InChI is InChI=1S/C21H26N2O2/c1-3-4-14-22-21(25)18-12-8-9-13-19(18)23-20(24)15-16(2)17-10-6-5-7-11-17/h5-13,16H,3-4,14-15H2,1-2H3,(H,22,25)(H,23,24). The van der Waals surface area contributed by atoms with E-state index in [1.165, 1.54) is 0 Å². The monoisotopic (exact) mass is 338 g/mol. The van der Waals surface area contributed by atoms with Gasteiger partial charge in [0.15, 0.2) is 0 Å². The maximum atomic E-state index is 12.4. The Labute approximate surface area is 149 Å². The van der Waals surface area contributed by atoms with Crippen molar-refractivity contribution in [3.8, 4) is 0 Å². The summed E-state index contributed by atoms with van der Waals surface area (Å²) in [4.78, 5) is 24.7. The molecule has 1 unspecified atom stereocenters. The molecular formula is C21H26N2O2. The molecule has 0 aromatic heterocycles. The first-order chi connectivity index (χ1) is 12.1. The molecule has 2 amide bonds. The Morgan fingerprint density at radius 1 is 1.00 bits per heavy atom. The summed E-state index contributed by atoms with van der Waals surface area (Å²) in [5.74, 6) is -0.127. The van der Waals surface area contributed by atoms with Crippen molar-refractivity contribution < 1.29 is 9.59 Å². The van der Waals surface area contributed by atoms with E-state index in [1.807, 2.05) is 43.3 Å². The Hall–Kier alpha value is -2.62. The number of para-hydroxylation sites is 1. The highest BCUT2D eigenvalue weighted by Gasteiger charge is 2.15. The SMILES string of the molecule is CCCCNC(=O)c1ccccc1NC(=O)CC(C)c1ccccc1.